The summed E-state index contributed by atoms with van der Waals surface area (Å²) in [6.45, 7) is 2.20. The van der Waals surface area contributed by atoms with Crippen molar-refractivity contribution in [2.75, 3.05) is 0 Å². The van der Waals surface area contributed by atoms with Crippen molar-refractivity contribution >= 4 is 17.4 Å². The number of aliphatic imine (C=N–C) groups is 3. The van der Waals surface area contributed by atoms with Crippen LogP contribution in [0.5, 0.6) is 0 Å². The maximum Gasteiger partial charge on any atom is 0.176 e. The zero-order chi connectivity index (χ0) is 15.6. The lowest BCUT2D eigenvalue weighted by atomic mass is 9.92. The highest BCUT2D eigenvalue weighted by molar-refractivity contribution is 6.52. The Balaban J connectivity index is 1.63. The Morgan fingerprint density at radius 1 is 0.826 bits per heavy atom. The number of hydrogen-bond donors (Lipinski definition) is 0. The van der Waals surface area contributed by atoms with Gasteiger partial charge >= 0.3 is 0 Å². The molecule has 0 N–H and O–H groups in total. The van der Waals surface area contributed by atoms with Gasteiger partial charge < -0.3 is 0 Å². The van der Waals surface area contributed by atoms with Gasteiger partial charge in [0.2, 0.25) is 0 Å². The standard InChI is InChI=1S/C20H17N3/c1-14(15-8-4-2-5-9-15)17-12-13-18-20(21-17)23-19(22-18)16-10-6-3-7-11-16/h2-14,17H,1H3. The average molecular weight is 299 g/mol. The number of nitrogens with zero attached hydrogens (tertiary/aromatic N) is 3. The smallest absolute Gasteiger partial charge is 0.176 e. The summed E-state index contributed by atoms with van der Waals surface area (Å²) < 4.78 is 0. The van der Waals surface area contributed by atoms with Gasteiger partial charge in [0.05, 0.1) is 6.04 Å². The van der Waals surface area contributed by atoms with E-state index in [1.165, 1.54) is 5.56 Å². The van der Waals surface area contributed by atoms with Gasteiger partial charge in [-0.1, -0.05) is 73.7 Å². The highest BCUT2D eigenvalue weighted by Crippen LogP contribution is 2.25. The lowest BCUT2D eigenvalue weighted by Gasteiger charge is -2.20. The van der Waals surface area contributed by atoms with E-state index in [9.17, 15) is 0 Å². The van der Waals surface area contributed by atoms with Gasteiger partial charge in [-0.05, 0) is 11.6 Å². The molecule has 0 aromatic heterocycles. The second-order valence-corrected chi connectivity index (χ2v) is 5.80. The van der Waals surface area contributed by atoms with Crippen LogP contribution >= 0.6 is 0 Å². The van der Waals surface area contributed by atoms with Crippen molar-refractivity contribution in [2.45, 2.75) is 18.9 Å². The van der Waals surface area contributed by atoms with E-state index >= 15 is 0 Å². The third-order valence-electron chi connectivity index (χ3n) is 4.26. The molecular formula is C20H17N3. The minimum absolute atomic E-state index is 0.102. The van der Waals surface area contributed by atoms with Gasteiger partial charge in [-0.15, -0.1) is 0 Å². The van der Waals surface area contributed by atoms with Gasteiger partial charge in [-0.3, -0.25) is 4.99 Å². The second kappa shape index (κ2) is 5.76. The molecule has 0 fully saturated rings. The molecule has 0 saturated carbocycles. The molecule has 0 radical (unpaired) electrons. The summed E-state index contributed by atoms with van der Waals surface area (Å²) in [4.78, 5) is 14.0. The highest BCUT2D eigenvalue weighted by atomic mass is 15.1. The monoisotopic (exact) mass is 299 g/mol. The van der Waals surface area contributed by atoms with Crippen LogP contribution in [0.2, 0.25) is 0 Å². The molecule has 23 heavy (non-hydrogen) atoms. The van der Waals surface area contributed by atoms with Gasteiger partial charge in [0, 0.05) is 11.5 Å². The second-order valence-electron chi connectivity index (χ2n) is 5.80. The lowest BCUT2D eigenvalue weighted by Crippen LogP contribution is -2.20. The Hall–Kier alpha value is -2.81. The molecule has 0 saturated heterocycles. The lowest BCUT2D eigenvalue weighted by molar-refractivity contribution is 0.665. The molecule has 2 aromatic rings. The van der Waals surface area contributed by atoms with Crippen molar-refractivity contribution < 1.29 is 0 Å². The van der Waals surface area contributed by atoms with Crippen molar-refractivity contribution in [3.8, 4) is 0 Å². The summed E-state index contributed by atoms with van der Waals surface area (Å²) in [7, 11) is 0. The normalized spacial score (nSPS) is 20.4. The molecule has 2 aliphatic rings. The van der Waals surface area contributed by atoms with E-state index in [1.54, 1.807) is 0 Å². The molecule has 3 heteroatoms. The van der Waals surface area contributed by atoms with Crippen molar-refractivity contribution in [1.29, 1.82) is 0 Å². The highest BCUT2D eigenvalue weighted by Gasteiger charge is 2.25. The number of amidine groups is 2. The Bertz CT molecular complexity index is 830. The Kier molecular flexibility index (Phi) is 3.46. The molecule has 0 amide bonds. The van der Waals surface area contributed by atoms with Gasteiger partial charge in [-0.25, -0.2) is 9.98 Å². The maximum absolute atomic E-state index is 4.81. The first-order valence-electron chi connectivity index (χ1n) is 7.85. The molecule has 2 atom stereocenters. The topological polar surface area (TPSA) is 37.1 Å². The molecule has 2 aromatic carbocycles. The van der Waals surface area contributed by atoms with E-state index in [2.05, 4.69) is 47.3 Å². The van der Waals surface area contributed by atoms with Gasteiger partial charge in [0.25, 0.3) is 0 Å². The van der Waals surface area contributed by atoms with E-state index in [-0.39, 0.29) is 6.04 Å². The molecule has 0 spiro atoms. The largest absolute Gasteiger partial charge is 0.257 e. The van der Waals surface area contributed by atoms with Crippen molar-refractivity contribution in [3.63, 3.8) is 0 Å². The molecule has 4 rings (SSSR count). The summed E-state index contributed by atoms with van der Waals surface area (Å²) in [6.07, 6.45) is 4.18. The Morgan fingerprint density at radius 2 is 1.52 bits per heavy atom. The molecule has 2 unspecified atom stereocenters. The minimum Gasteiger partial charge on any atom is -0.257 e. The zero-order valence-electron chi connectivity index (χ0n) is 12.9. The van der Waals surface area contributed by atoms with E-state index in [0.717, 1.165) is 22.9 Å². The predicted octanol–water partition coefficient (Wildman–Crippen LogP) is 4.03. The third-order valence-corrected chi connectivity index (χ3v) is 4.26. The van der Waals surface area contributed by atoms with Crippen molar-refractivity contribution in [3.05, 3.63) is 83.9 Å². The molecule has 3 nitrogen and oxygen atoms in total. The van der Waals surface area contributed by atoms with Crippen LogP contribution in [0.1, 0.15) is 24.0 Å². The number of benzene rings is 2. The van der Waals surface area contributed by atoms with Crippen LogP contribution in [0.3, 0.4) is 0 Å². The number of dihydropyridines is 1. The van der Waals surface area contributed by atoms with Crippen molar-refractivity contribution in [1.82, 2.24) is 0 Å². The summed E-state index contributed by atoms with van der Waals surface area (Å²) in [5.41, 5.74) is 3.18. The molecule has 2 aliphatic heterocycles. The van der Waals surface area contributed by atoms with Gasteiger partial charge in [-0.2, -0.15) is 0 Å². The van der Waals surface area contributed by atoms with E-state index < -0.39 is 0 Å². The van der Waals surface area contributed by atoms with Crippen LogP contribution in [0.15, 0.2) is 87.8 Å². The summed E-state index contributed by atoms with van der Waals surface area (Å²) in [6, 6.07) is 20.6. The van der Waals surface area contributed by atoms with Crippen LogP contribution in [0, 0.1) is 0 Å². The van der Waals surface area contributed by atoms with Crippen LogP contribution in [-0.4, -0.2) is 23.4 Å². The molecule has 2 heterocycles. The van der Waals surface area contributed by atoms with E-state index in [0.29, 0.717) is 5.92 Å². The fourth-order valence-electron chi connectivity index (χ4n) is 2.88. The van der Waals surface area contributed by atoms with Crippen molar-refractivity contribution in [2.24, 2.45) is 15.0 Å². The fourth-order valence-corrected chi connectivity index (χ4v) is 2.88. The number of hydrogen-bond acceptors (Lipinski definition) is 3. The summed E-state index contributed by atoms with van der Waals surface area (Å²) >= 11 is 0. The average Bonchev–Trinajstić information content (AvgIpc) is 3.06. The Labute approximate surface area is 135 Å². The zero-order valence-corrected chi connectivity index (χ0v) is 12.9. The van der Waals surface area contributed by atoms with Crippen LogP contribution < -0.4 is 0 Å². The van der Waals surface area contributed by atoms with Crippen LogP contribution in [0.4, 0.5) is 0 Å². The molecule has 0 aliphatic carbocycles. The minimum atomic E-state index is 0.102. The Morgan fingerprint density at radius 3 is 2.26 bits per heavy atom. The van der Waals surface area contributed by atoms with E-state index in [4.69, 9.17) is 4.99 Å². The molecular weight excluding hydrogens is 282 g/mol. The third kappa shape index (κ3) is 2.66. The number of fused-ring (bicyclic) bond motifs is 1. The quantitative estimate of drug-likeness (QED) is 0.820. The summed E-state index contributed by atoms with van der Waals surface area (Å²) in [5, 5.41) is 0. The van der Waals surface area contributed by atoms with Crippen LogP contribution in [0.25, 0.3) is 0 Å². The SMILES string of the molecule is CC(c1ccccc1)C1C=CC2=NC(c3ccccc3)=NC2=N1. The van der Waals surface area contributed by atoms with E-state index in [1.807, 2.05) is 42.5 Å². The first-order chi connectivity index (χ1) is 11.3. The number of rotatable bonds is 3. The maximum atomic E-state index is 4.81. The first-order valence-corrected chi connectivity index (χ1v) is 7.85. The van der Waals surface area contributed by atoms with Gasteiger partial charge in [0.1, 0.15) is 5.71 Å². The van der Waals surface area contributed by atoms with Crippen LogP contribution in [-0.2, 0) is 0 Å². The molecule has 112 valence electrons. The fraction of sp³-hybridized carbons (Fsp3) is 0.150. The predicted molar refractivity (Wildman–Crippen MR) is 95.6 cm³/mol. The first kappa shape index (κ1) is 13.8. The summed E-state index contributed by atoms with van der Waals surface area (Å²) in [5.74, 6) is 1.81. The van der Waals surface area contributed by atoms with Gasteiger partial charge in [0.15, 0.2) is 11.7 Å². The molecule has 0 bridgehead atoms.